The Labute approximate surface area is 72.9 Å². The van der Waals surface area contributed by atoms with Crippen molar-refractivity contribution in [2.24, 2.45) is 5.73 Å². The van der Waals surface area contributed by atoms with Gasteiger partial charge in [0.2, 0.25) is 0 Å². The fourth-order valence-electron chi connectivity index (χ4n) is 1.84. The van der Waals surface area contributed by atoms with E-state index < -0.39 is 0 Å². The molecule has 0 bridgehead atoms. The van der Waals surface area contributed by atoms with Gasteiger partial charge in [0.1, 0.15) is 0 Å². The van der Waals surface area contributed by atoms with Gasteiger partial charge >= 0.3 is 0 Å². The predicted molar refractivity (Wildman–Crippen MR) is 51.6 cm³/mol. The highest BCUT2D eigenvalue weighted by Gasteiger charge is 2.27. The van der Waals surface area contributed by atoms with Crippen LogP contribution in [0.5, 0.6) is 0 Å². The van der Waals surface area contributed by atoms with E-state index in [0.29, 0.717) is 0 Å². The summed E-state index contributed by atoms with van der Waals surface area (Å²) in [4.78, 5) is 0. The Bertz CT molecular complexity index is 348. The second kappa shape index (κ2) is 2.13. The van der Waals surface area contributed by atoms with Gasteiger partial charge in [-0.15, -0.1) is 0 Å². The summed E-state index contributed by atoms with van der Waals surface area (Å²) < 4.78 is 0. The van der Waals surface area contributed by atoms with E-state index in [1.165, 1.54) is 11.1 Å². The maximum atomic E-state index is 5.88. The Morgan fingerprint density at radius 3 is 2.50 bits per heavy atom. The molecular formula is C11H13N. The molecule has 12 heavy (non-hydrogen) atoms. The molecule has 1 heteroatoms. The van der Waals surface area contributed by atoms with E-state index in [1.54, 1.807) is 0 Å². The van der Waals surface area contributed by atoms with Crippen LogP contribution in [0.25, 0.3) is 5.70 Å². The summed E-state index contributed by atoms with van der Waals surface area (Å²) >= 11 is 0. The molecular weight excluding hydrogens is 146 g/mol. The summed E-state index contributed by atoms with van der Waals surface area (Å²) in [6, 6.07) is 8.32. The molecule has 0 spiro atoms. The lowest BCUT2D eigenvalue weighted by Gasteiger charge is -2.16. The summed E-state index contributed by atoms with van der Waals surface area (Å²) in [7, 11) is 0. The van der Waals surface area contributed by atoms with Crippen LogP contribution in [0, 0.1) is 0 Å². The van der Waals surface area contributed by atoms with Crippen molar-refractivity contribution in [1.82, 2.24) is 0 Å². The predicted octanol–water partition coefficient (Wildman–Crippen LogP) is 2.28. The van der Waals surface area contributed by atoms with Crippen LogP contribution in [-0.2, 0) is 5.41 Å². The molecule has 0 saturated heterocycles. The molecule has 1 aliphatic rings. The Kier molecular flexibility index (Phi) is 1.31. The van der Waals surface area contributed by atoms with Crippen molar-refractivity contribution in [3.8, 4) is 0 Å². The fourth-order valence-corrected chi connectivity index (χ4v) is 1.84. The average molecular weight is 159 g/mol. The zero-order valence-electron chi connectivity index (χ0n) is 7.46. The number of rotatable bonds is 0. The number of hydrogen-bond donors (Lipinski definition) is 1. The third-order valence-corrected chi connectivity index (χ3v) is 2.45. The van der Waals surface area contributed by atoms with Crippen molar-refractivity contribution in [3.05, 3.63) is 41.5 Å². The van der Waals surface area contributed by atoms with Crippen molar-refractivity contribution in [1.29, 1.82) is 0 Å². The number of hydrogen-bond acceptors (Lipinski definition) is 1. The summed E-state index contributed by atoms with van der Waals surface area (Å²) in [5, 5.41) is 0. The van der Waals surface area contributed by atoms with E-state index in [1.807, 2.05) is 6.07 Å². The Morgan fingerprint density at radius 2 is 1.83 bits per heavy atom. The first kappa shape index (κ1) is 7.41. The van der Waals surface area contributed by atoms with Crippen LogP contribution in [0.2, 0.25) is 0 Å². The molecule has 0 saturated carbocycles. The zero-order chi connectivity index (χ0) is 8.77. The van der Waals surface area contributed by atoms with E-state index >= 15 is 0 Å². The maximum Gasteiger partial charge on any atom is 0.0359 e. The lowest BCUT2D eigenvalue weighted by molar-refractivity contribution is 0.683. The largest absolute Gasteiger partial charge is 0.398 e. The first-order valence-corrected chi connectivity index (χ1v) is 4.19. The Hall–Kier alpha value is -1.24. The molecule has 62 valence electrons. The molecule has 0 unspecified atom stereocenters. The topological polar surface area (TPSA) is 26.0 Å². The first-order valence-electron chi connectivity index (χ1n) is 4.19. The third kappa shape index (κ3) is 0.860. The number of benzene rings is 1. The van der Waals surface area contributed by atoms with Gasteiger partial charge in [0, 0.05) is 16.7 Å². The van der Waals surface area contributed by atoms with Crippen LogP contribution < -0.4 is 5.73 Å². The van der Waals surface area contributed by atoms with Crippen LogP contribution in [0.1, 0.15) is 25.0 Å². The van der Waals surface area contributed by atoms with Gasteiger partial charge in [0.25, 0.3) is 0 Å². The van der Waals surface area contributed by atoms with Gasteiger partial charge in [0.15, 0.2) is 0 Å². The summed E-state index contributed by atoms with van der Waals surface area (Å²) in [5.74, 6) is 0. The summed E-state index contributed by atoms with van der Waals surface area (Å²) in [5.41, 5.74) is 9.44. The second-order valence-corrected chi connectivity index (χ2v) is 3.87. The highest BCUT2D eigenvalue weighted by atomic mass is 14.6. The lowest BCUT2D eigenvalue weighted by Crippen LogP contribution is -2.10. The van der Waals surface area contributed by atoms with E-state index in [2.05, 4.69) is 38.1 Å². The molecule has 0 amide bonds. The highest BCUT2D eigenvalue weighted by molar-refractivity contribution is 5.73. The molecule has 0 radical (unpaired) electrons. The molecule has 1 aromatic rings. The third-order valence-electron chi connectivity index (χ3n) is 2.45. The van der Waals surface area contributed by atoms with Gasteiger partial charge in [-0.05, 0) is 5.56 Å². The van der Waals surface area contributed by atoms with Gasteiger partial charge in [-0.25, -0.2) is 0 Å². The molecule has 2 rings (SSSR count). The van der Waals surface area contributed by atoms with Crippen molar-refractivity contribution >= 4 is 5.70 Å². The highest BCUT2D eigenvalue weighted by Crippen LogP contribution is 2.37. The first-order chi connectivity index (χ1) is 5.61. The maximum absolute atomic E-state index is 5.88. The normalized spacial score (nSPS) is 18.7. The smallest absolute Gasteiger partial charge is 0.0359 e. The molecule has 2 N–H and O–H groups in total. The molecule has 0 atom stereocenters. The minimum Gasteiger partial charge on any atom is -0.398 e. The van der Waals surface area contributed by atoms with Crippen molar-refractivity contribution in [3.63, 3.8) is 0 Å². The number of allylic oxidation sites excluding steroid dienone is 1. The quantitative estimate of drug-likeness (QED) is 0.617. The average Bonchev–Trinajstić information content (AvgIpc) is 2.25. The monoisotopic (exact) mass is 159 g/mol. The van der Waals surface area contributed by atoms with Crippen molar-refractivity contribution in [2.75, 3.05) is 0 Å². The van der Waals surface area contributed by atoms with E-state index in [-0.39, 0.29) is 5.41 Å². The Morgan fingerprint density at radius 1 is 1.17 bits per heavy atom. The van der Waals surface area contributed by atoms with Crippen molar-refractivity contribution < 1.29 is 0 Å². The molecule has 1 aliphatic carbocycles. The van der Waals surface area contributed by atoms with E-state index in [9.17, 15) is 0 Å². The SMILES string of the molecule is CC1(C)C=C(N)c2ccccc21. The summed E-state index contributed by atoms with van der Waals surface area (Å²) in [6.07, 6.45) is 2.12. The fraction of sp³-hybridized carbons (Fsp3) is 0.273. The lowest BCUT2D eigenvalue weighted by atomic mass is 9.87. The molecule has 1 nitrogen and oxygen atoms in total. The standard InChI is InChI=1S/C11H13N/c1-11(2)7-10(12)8-5-3-4-6-9(8)11/h3-7H,12H2,1-2H3. The van der Waals surface area contributed by atoms with Gasteiger partial charge in [-0.1, -0.05) is 44.2 Å². The van der Waals surface area contributed by atoms with Gasteiger partial charge in [0.05, 0.1) is 0 Å². The van der Waals surface area contributed by atoms with Gasteiger partial charge < -0.3 is 5.73 Å². The molecule has 0 heterocycles. The van der Waals surface area contributed by atoms with Crippen LogP contribution in [0.4, 0.5) is 0 Å². The zero-order valence-corrected chi connectivity index (χ0v) is 7.46. The van der Waals surface area contributed by atoms with Gasteiger partial charge in [-0.3, -0.25) is 0 Å². The second-order valence-electron chi connectivity index (χ2n) is 3.87. The molecule has 0 fully saturated rings. The molecule has 0 aromatic heterocycles. The van der Waals surface area contributed by atoms with Gasteiger partial charge in [-0.2, -0.15) is 0 Å². The van der Waals surface area contributed by atoms with E-state index in [4.69, 9.17) is 5.73 Å². The van der Waals surface area contributed by atoms with Crippen LogP contribution >= 0.6 is 0 Å². The minimum atomic E-state index is 0.112. The Balaban J connectivity index is 2.68. The van der Waals surface area contributed by atoms with Crippen LogP contribution in [0.3, 0.4) is 0 Å². The number of nitrogens with two attached hydrogens (primary N) is 1. The van der Waals surface area contributed by atoms with Crippen LogP contribution in [-0.4, -0.2) is 0 Å². The summed E-state index contributed by atoms with van der Waals surface area (Å²) in [6.45, 7) is 4.37. The van der Waals surface area contributed by atoms with Crippen molar-refractivity contribution in [2.45, 2.75) is 19.3 Å². The molecule has 0 aliphatic heterocycles. The van der Waals surface area contributed by atoms with Crippen LogP contribution in [0.15, 0.2) is 30.3 Å². The van der Waals surface area contributed by atoms with E-state index in [0.717, 1.165) is 5.70 Å². The minimum absolute atomic E-state index is 0.112. The molecule has 1 aromatic carbocycles. The number of fused-ring (bicyclic) bond motifs is 1.